The van der Waals surface area contributed by atoms with Crippen molar-refractivity contribution in [3.63, 3.8) is 0 Å². The monoisotopic (exact) mass is 223 g/mol. The quantitative estimate of drug-likeness (QED) is 0.705. The van der Waals surface area contributed by atoms with Crippen LogP contribution in [0.2, 0.25) is 0 Å². The Morgan fingerprint density at radius 1 is 1.50 bits per heavy atom. The normalized spacial score (nSPS) is 25.3. The number of hydrogen-bond acceptors (Lipinski definition) is 3. The number of rotatable bonds is 3. The van der Waals surface area contributed by atoms with Gasteiger partial charge in [-0.3, -0.25) is 9.89 Å². The predicted molar refractivity (Wildman–Crippen MR) is 58.9 cm³/mol. The molecular formula is C11H17N3O2. The van der Waals surface area contributed by atoms with E-state index in [2.05, 4.69) is 15.5 Å². The topological polar surface area (TPSA) is 78.0 Å². The average Bonchev–Trinajstić information content (AvgIpc) is 2.81. The van der Waals surface area contributed by atoms with Crippen LogP contribution in [0, 0.1) is 5.92 Å². The molecule has 1 aromatic heterocycles. The highest BCUT2D eigenvalue weighted by molar-refractivity contribution is 5.92. The van der Waals surface area contributed by atoms with Crippen LogP contribution in [-0.4, -0.2) is 33.9 Å². The van der Waals surface area contributed by atoms with E-state index in [1.807, 2.05) is 0 Å². The summed E-state index contributed by atoms with van der Waals surface area (Å²) >= 11 is 0. The van der Waals surface area contributed by atoms with Gasteiger partial charge in [-0.1, -0.05) is 0 Å². The van der Waals surface area contributed by atoms with Crippen molar-refractivity contribution in [2.24, 2.45) is 5.92 Å². The van der Waals surface area contributed by atoms with Crippen molar-refractivity contribution in [2.75, 3.05) is 6.54 Å². The SMILES string of the molecule is O=C(NCC1CCC(O)CC1)c1ccn[nH]1. The Bertz CT molecular complexity index is 329. The number of H-pyrrole nitrogens is 1. The lowest BCUT2D eigenvalue weighted by Gasteiger charge is -2.25. The summed E-state index contributed by atoms with van der Waals surface area (Å²) < 4.78 is 0. The number of aliphatic hydroxyl groups excluding tert-OH is 1. The van der Waals surface area contributed by atoms with Gasteiger partial charge in [-0.25, -0.2) is 0 Å². The maximum absolute atomic E-state index is 11.6. The van der Waals surface area contributed by atoms with Crippen molar-refractivity contribution in [3.05, 3.63) is 18.0 Å². The fourth-order valence-corrected chi connectivity index (χ4v) is 2.06. The summed E-state index contributed by atoms with van der Waals surface area (Å²) in [7, 11) is 0. The highest BCUT2D eigenvalue weighted by atomic mass is 16.3. The van der Waals surface area contributed by atoms with Crippen LogP contribution in [0.15, 0.2) is 12.3 Å². The molecule has 0 aromatic carbocycles. The number of carbonyl (C=O) groups is 1. The van der Waals surface area contributed by atoms with Gasteiger partial charge in [-0.05, 0) is 37.7 Å². The van der Waals surface area contributed by atoms with Crippen molar-refractivity contribution >= 4 is 5.91 Å². The zero-order chi connectivity index (χ0) is 11.4. The number of nitrogens with one attached hydrogen (secondary N) is 2. The molecule has 3 N–H and O–H groups in total. The minimum atomic E-state index is -0.139. The van der Waals surface area contributed by atoms with Crippen LogP contribution in [0.25, 0.3) is 0 Å². The van der Waals surface area contributed by atoms with Gasteiger partial charge in [0.25, 0.3) is 5.91 Å². The maximum Gasteiger partial charge on any atom is 0.269 e. The molecule has 0 spiro atoms. The van der Waals surface area contributed by atoms with E-state index in [9.17, 15) is 9.90 Å². The Morgan fingerprint density at radius 2 is 2.25 bits per heavy atom. The third kappa shape index (κ3) is 2.82. The molecule has 16 heavy (non-hydrogen) atoms. The third-order valence-corrected chi connectivity index (χ3v) is 3.11. The standard InChI is InChI=1S/C11H17N3O2/c15-9-3-1-8(2-4-9)7-12-11(16)10-5-6-13-14-10/h5-6,8-9,15H,1-4,7H2,(H,12,16)(H,13,14). The zero-order valence-corrected chi connectivity index (χ0v) is 9.15. The molecule has 1 heterocycles. The molecule has 0 bridgehead atoms. The van der Waals surface area contributed by atoms with E-state index in [-0.39, 0.29) is 12.0 Å². The molecule has 1 aliphatic rings. The number of nitrogens with zero attached hydrogens (tertiary/aromatic N) is 1. The molecule has 1 saturated carbocycles. The van der Waals surface area contributed by atoms with Crippen LogP contribution in [0.3, 0.4) is 0 Å². The van der Waals surface area contributed by atoms with Crippen LogP contribution in [0.1, 0.15) is 36.2 Å². The van der Waals surface area contributed by atoms with Crippen molar-refractivity contribution in [3.8, 4) is 0 Å². The molecule has 1 amide bonds. The third-order valence-electron chi connectivity index (χ3n) is 3.11. The molecule has 0 saturated heterocycles. The van der Waals surface area contributed by atoms with Gasteiger partial charge in [0.1, 0.15) is 5.69 Å². The number of aromatic nitrogens is 2. The maximum atomic E-state index is 11.6. The van der Waals surface area contributed by atoms with Crippen molar-refractivity contribution < 1.29 is 9.90 Å². The average molecular weight is 223 g/mol. The van der Waals surface area contributed by atoms with Gasteiger partial charge in [0, 0.05) is 12.7 Å². The number of carbonyl (C=O) groups excluding carboxylic acids is 1. The molecule has 2 rings (SSSR count). The van der Waals surface area contributed by atoms with Crippen LogP contribution in [-0.2, 0) is 0 Å². The summed E-state index contributed by atoms with van der Waals surface area (Å²) in [5, 5.41) is 18.6. The second kappa shape index (κ2) is 5.12. The van der Waals surface area contributed by atoms with Crippen LogP contribution >= 0.6 is 0 Å². The van der Waals surface area contributed by atoms with E-state index in [1.54, 1.807) is 12.3 Å². The fraction of sp³-hybridized carbons (Fsp3) is 0.636. The van der Waals surface area contributed by atoms with E-state index < -0.39 is 0 Å². The first-order valence-corrected chi connectivity index (χ1v) is 5.71. The zero-order valence-electron chi connectivity index (χ0n) is 9.15. The highest BCUT2D eigenvalue weighted by Crippen LogP contribution is 2.23. The van der Waals surface area contributed by atoms with Gasteiger partial charge in [0.15, 0.2) is 0 Å². The summed E-state index contributed by atoms with van der Waals surface area (Å²) in [6.07, 6.45) is 5.11. The van der Waals surface area contributed by atoms with E-state index in [0.717, 1.165) is 25.7 Å². The lowest BCUT2D eigenvalue weighted by Crippen LogP contribution is -2.32. The van der Waals surface area contributed by atoms with E-state index in [4.69, 9.17) is 0 Å². The summed E-state index contributed by atoms with van der Waals surface area (Å²) in [5.74, 6) is 0.388. The molecule has 0 aliphatic heterocycles. The molecule has 0 unspecified atom stereocenters. The lowest BCUT2D eigenvalue weighted by atomic mass is 9.87. The highest BCUT2D eigenvalue weighted by Gasteiger charge is 2.19. The molecular weight excluding hydrogens is 206 g/mol. The van der Waals surface area contributed by atoms with Gasteiger partial charge in [0.2, 0.25) is 0 Å². The summed E-state index contributed by atoms with van der Waals surface area (Å²) in [6, 6.07) is 1.65. The lowest BCUT2D eigenvalue weighted by molar-refractivity contribution is 0.0906. The Labute approximate surface area is 94.2 Å². The van der Waals surface area contributed by atoms with Crippen LogP contribution in [0.4, 0.5) is 0 Å². The summed E-state index contributed by atoms with van der Waals surface area (Å²) in [6.45, 7) is 0.685. The fourth-order valence-electron chi connectivity index (χ4n) is 2.06. The molecule has 5 heteroatoms. The largest absolute Gasteiger partial charge is 0.393 e. The number of aliphatic hydroxyl groups is 1. The van der Waals surface area contributed by atoms with Gasteiger partial charge in [0.05, 0.1) is 6.10 Å². The van der Waals surface area contributed by atoms with Gasteiger partial charge < -0.3 is 10.4 Å². The Kier molecular flexibility index (Phi) is 3.56. The second-order valence-electron chi connectivity index (χ2n) is 4.35. The minimum Gasteiger partial charge on any atom is -0.393 e. The minimum absolute atomic E-state index is 0.108. The molecule has 0 atom stereocenters. The Balaban J connectivity index is 1.73. The van der Waals surface area contributed by atoms with Gasteiger partial charge in [-0.2, -0.15) is 5.10 Å². The van der Waals surface area contributed by atoms with E-state index in [1.165, 1.54) is 0 Å². The molecule has 88 valence electrons. The van der Waals surface area contributed by atoms with E-state index in [0.29, 0.717) is 18.2 Å². The number of aromatic amines is 1. The van der Waals surface area contributed by atoms with Crippen LogP contribution in [0.5, 0.6) is 0 Å². The first kappa shape index (κ1) is 11.1. The van der Waals surface area contributed by atoms with Crippen molar-refractivity contribution in [2.45, 2.75) is 31.8 Å². The number of hydrogen-bond donors (Lipinski definition) is 3. The molecule has 1 aromatic rings. The second-order valence-corrected chi connectivity index (χ2v) is 4.35. The van der Waals surface area contributed by atoms with Crippen molar-refractivity contribution in [1.29, 1.82) is 0 Å². The van der Waals surface area contributed by atoms with Gasteiger partial charge in [-0.15, -0.1) is 0 Å². The summed E-state index contributed by atoms with van der Waals surface area (Å²) in [4.78, 5) is 11.6. The smallest absolute Gasteiger partial charge is 0.269 e. The molecule has 5 nitrogen and oxygen atoms in total. The van der Waals surface area contributed by atoms with Crippen molar-refractivity contribution in [1.82, 2.24) is 15.5 Å². The van der Waals surface area contributed by atoms with Gasteiger partial charge >= 0.3 is 0 Å². The first-order valence-electron chi connectivity index (χ1n) is 5.71. The Hall–Kier alpha value is -1.36. The number of amides is 1. The van der Waals surface area contributed by atoms with E-state index >= 15 is 0 Å². The van der Waals surface area contributed by atoms with Crippen LogP contribution < -0.4 is 5.32 Å². The summed E-state index contributed by atoms with van der Waals surface area (Å²) in [5.41, 5.74) is 0.496. The Morgan fingerprint density at radius 3 is 2.88 bits per heavy atom. The first-order chi connectivity index (χ1) is 7.75. The predicted octanol–water partition coefficient (Wildman–Crippen LogP) is 0.691. The molecule has 1 fully saturated rings. The molecule has 0 radical (unpaired) electrons. The molecule has 1 aliphatic carbocycles.